The number of carbonyl (C=O) groups is 1. The highest BCUT2D eigenvalue weighted by atomic mass is 32.1. The fourth-order valence-electron chi connectivity index (χ4n) is 3.07. The molecule has 0 saturated carbocycles. The van der Waals surface area contributed by atoms with E-state index in [4.69, 9.17) is 4.74 Å². The van der Waals surface area contributed by atoms with Gasteiger partial charge in [0.15, 0.2) is 0 Å². The second-order valence-electron chi connectivity index (χ2n) is 6.99. The van der Waals surface area contributed by atoms with Gasteiger partial charge in [0.1, 0.15) is 17.0 Å². The van der Waals surface area contributed by atoms with Crippen molar-refractivity contribution in [1.82, 2.24) is 14.9 Å². The number of carbonyl (C=O) groups excluding carboxylic acids is 1. The molecule has 6 nitrogen and oxygen atoms in total. The minimum Gasteiger partial charge on any atom is -0.497 e. The van der Waals surface area contributed by atoms with E-state index in [-0.39, 0.29) is 18.0 Å². The van der Waals surface area contributed by atoms with Gasteiger partial charge in [0.2, 0.25) is 5.91 Å². The van der Waals surface area contributed by atoms with Crippen LogP contribution in [-0.4, -0.2) is 22.6 Å². The smallest absolute Gasteiger partial charge is 0.271 e. The van der Waals surface area contributed by atoms with E-state index in [2.05, 4.69) is 10.3 Å². The van der Waals surface area contributed by atoms with Crippen LogP contribution in [-0.2, 0) is 17.9 Å². The van der Waals surface area contributed by atoms with E-state index >= 15 is 0 Å². The summed E-state index contributed by atoms with van der Waals surface area (Å²) in [5.74, 6) is 0.544. The molecule has 0 aliphatic heterocycles. The van der Waals surface area contributed by atoms with E-state index < -0.39 is 0 Å². The lowest BCUT2D eigenvalue weighted by atomic mass is 10.1. The summed E-state index contributed by atoms with van der Waals surface area (Å²) >= 11 is 1.37. The van der Waals surface area contributed by atoms with Gasteiger partial charge < -0.3 is 10.1 Å². The van der Waals surface area contributed by atoms with Gasteiger partial charge in [-0.25, -0.2) is 4.98 Å². The molecule has 30 heavy (non-hydrogen) atoms. The Kier molecular flexibility index (Phi) is 5.63. The number of amides is 1. The predicted octanol–water partition coefficient (Wildman–Crippen LogP) is 3.76. The molecule has 0 aliphatic carbocycles. The minimum absolute atomic E-state index is 0.0661. The summed E-state index contributed by atoms with van der Waals surface area (Å²) in [5.41, 5.74) is 3.58. The highest BCUT2D eigenvalue weighted by Gasteiger charge is 2.12. The number of benzene rings is 2. The van der Waals surface area contributed by atoms with Crippen LogP contribution in [0.15, 0.2) is 65.7 Å². The molecule has 0 aliphatic rings. The summed E-state index contributed by atoms with van der Waals surface area (Å²) in [4.78, 5) is 30.5. The molecule has 1 N–H and O–H groups in total. The summed E-state index contributed by atoms with van der Waals surface area (Å²) in [6.45, 7) is 2.37. The van der Waals surface area contributed by atoms with Crippen molar-refractivity contribution in [2.45, 2.75) is 20.0 Å². The van der Waals surface area contributed by atoms with Crippen LogP contribution < -0.4 is 15.6 Å². The second kappa shape index (κ2) is 8.51. The molecule has 0 unspecified atom stereocenters. The summed E-state index contributed by atoms with van der Waals surface area (Å²) in [6.07, 6.45) is 1.43. The Morgan fingerprint density at radius 2 is 1.87 bits per heavy atom. The summed E-state index contributed by atoms with van der Waals surface area (Å²) in [6, 6.07) is 17.5. The van der Waals surface area contributed by atoms with Crippen molar-refractivity contribution in [1.29, 1.82) is 0 Å². The third-order valence-corrected chi connectivity index (χ3v) is 5.96. The van der Waals surface area contributed by atoms with Crippen LogP contribution in [0.4, 0.5) is 0 Å². The van der Waals surface area contributed by atoms with Gasteiger partial charge in [-0.1, -0.05) is 29.8 Å². The monoisotopic (exact) mass is 419 g/mol. The molecule has 152 valence electrons. The summed E-state index contributed by atoms with van der Waals surface area (Å²) in [7, 11) is 1.62. The number of aryl methyl sites for hydroxylation is 1. The molecular weight excluding hydrogens is 398 g/mol. The molecule has 0 spiro atoms. The van der Waals surface area contributed by atoms with Gasteiger partial charge in [0.25, 0.3) is 5.56 Å². The molecule has 0 saturated heterocycles. The van der Waals surface area contributed by atoms with Crippen LogP contribution in [0.1, 0.15) is 11.1 Å². The molecule has 4 rings (SSSR count). The summed E-state index contributed by atoms with van der Waals surface area (Å²) in [5, 5.41) is 2.85. The number of rotatable bonds is 6. The average molecular weight is 420 g/mol. The average Bonchev–Trinajstić information content (AvgIpc) is 3.21. The molecule has 2 aromatic heterocycles. The molecule has 7 heteroatoms. The van der Waals surface area contributed by atoms with Crippen molar-refractivity contribution in [3.05, 3.63) is 82.4 Å². The van der Waals surface area contributed by atoms with Crippen molar-refractivity contribution in [2.24, 2.45) is 0 Å². The first-order chi connectivity index (χ1) is 14.5. The van der Waals surface area contributed by atoms with Crippen molar-refractivity contribution >= 4 is 27.5 Å². The van der Waals surface area contributed by atoms with Crippen LogP contribution >= 0.6 is 11.3 Å². The van der Waals surface area contributed by atoms with Gasteiger partial charge in [-0.3, -0.25) is 14.2 Å². The number of nitrogens with zero attached hydrogens (tertiary/aromatic N) is 2. The topological polar surface area (TPSA) is 73.2 Å². The molecule has 4 aromatic rings. The third-order valence-electron chi connectivity index (χ3n) is 4.80. The van der Waals surface area contributed by atoms with Crippen molar-refractivity contribution < 1.29 is 9.53 Å². The van der Waals surface area contributed by atoms with E-state index in [0.717, 1.165) is 21.8 Å². The minimum atomic E-state index is -0.231. The van der Waals surface area contributed by atoms with Gasteiger partial charge >= 0.3 is 0 Å². The normalized spacial score (nSPS) is 10.9. The number of ether oxygens (including phenoxy) is 1. The quantitative estimate of drug-likeness (QED) is 0.517. The van der Waals surface area contributed by atoms with E-state index in [1.165, 1.54) is 27.8 Å². The highest BCUT2D eigenvalue weighted by Crippen LogP contribution is 2.31. The Morgan fingerprint density at radius 1 is 1.13 bits per heavy atom. The number of methoxy groups -OCH3 is 1. The van der Waals surface area contributed by atoms with Crippen LogP contribution in [0.5, 0.6) is 5.75 Å². The SMILES string of the molecule is COc1ccc(-c2cc3ncn(CC(=O)NCc4ccc(C)cc4)c(=O)c3s2)cc1. The van der Waals surface area contributed by atoms with Gasteiger partial charge in [-0.15, -0.1) is 11.3 Å². The third kappa shape index (κ3) is 4.26. The number of fused-ring (bicyclic) bond motifs is 1. The lowest BCUT2D eigenvalue weighted by Gasteiger charge is -2.07. The lowest BCUT2D eigenvalue weighted by Crippen LogP contribution is -2.31. The summed E-state index contributed by atoms with van der Waals surface area (Å²) < 4.78 is 7.07. The van der Waals surface area contributed by atoms with Gasteiger partial charge in [0.05, 0.1) is 19.0 Å². The van der Waals surface area contributed by atoms with Crippen molar-refractivity contribution in [2.75, 3.05) is 7.11 Å². The Balaban J connectivity index is 1.50. The molecule has 2 aromatic carbocycles. The zero-order valence-corrected chi connectivity index (χ0v) is 17.5. The van der Waals surface area contributed by atoms with E-state index in [1.807, 2.05) is 61.5 Å². The van der Waals surface area contributed by atoms with E-state index in [0.29, 0.717) is 16.8 Å². The number of aromatic nitrogens is 2. The fourth-order valence-corrected chi connectivity index (χ4v) is 4.14. The standard InChI is InChI=1S/C23H21N3O3S/c1-15-3-5-16(6-4-15)12-24-21(27)13-26-14-25-19-11-20(30-22(19)23(26)28)17-7-9-18(29-2)10-8-17/h3-11,14H,12-13H2,1-2H3,(H,24,27). The van der Waals surface area contributed by atoms with Crippen LogP contribution in [0.25, 0.3) is 20.7 Å². The Hall–Kier alpha value is -3.45. The van der Waals surface area contributed by atoms with Crippen LogP contribution in [0.3, 0.4) is 0 Å². The zero-order valence-electron chi connectivity index (χ0n) is 16.7. The first kappa shape index (κ1) is 19.8. The van der Waals surface area contributed by atoms with Crippen molar-refractivity contribution in [3.8, 4) is 16.2 Å². The second-order valence-corrected chi connectivity index (χ2v) is 8.05. The van der Waals surface area contributed by atoms with Crippen LogP contribution in [0.2, 0.25) is 0 Å². The highest BCUT2D eigenvalue weighted by molar-refractivity contribution is 7.22. The lowest BCUT2D eigenvalue weighted by molar-refractivity contribution is -0.121. The maximum Gasteiger partial charge on any atom is 0.271 e. The van der Waals surface area contributed by atoms with E-state index in [1.54, 1.807) is 7.11 Å². The zero-order chi connectivity index (χ0) is 21.1. The molecule has 0 bridgehead atoms. The van der Waals surface area contributed by atoms with Gasteiger partial charge in [-0.2, -0.15) is 0 Å². The largest absolute Gasteiger partial charge is 0.497 e. The number of hydrogen-bond acceptors (Lipinski definition) is 5. The van der Waals surface area contributed by atoms with Gasteiger partial charge in [-0.05, 0) is 48.4 Å². The molecule has 2 heterocycles. The first-order valence-electron chi connectivity index (χ1n) is 9.49. The molecule has 0 atom stereocenters. The Bertz CT molecular complexity index is 1240. The van der Waals surface area contributed by atoms with Crippen molar-refractivity contribution in [3.63, 3.8) is 0 Å². The Morgan fingerprint density at radius 3 is 2.57 bits per heavy atom. The van der Waals surface area contributed by atoms with Crippen LogP contribution in [0, 0.1) is 6.92 Å². The molecule has 1 amide bonds. The fraction of sp³-hybridized carbons (Fsp3) is 0.174. The number of nitrogens with one attached hydrogen (secondary N) is 1. The van der Waals surface area contributed by atoms with E-state index in [9.17, 15) is 9.59 Å². The number of hydrogen-bond donors (Lipinski definition) is 1. The Labute approximate surface area is 177 Å². The number of thiophene rings is 1. The predicted molar refractivity (Wildman–Crippen MR) is 119 cm³/mol. The van der Waals surface area contributed by atoms with Gasteiger partial charge in [0, 0.05) is 11.4 Å². The first-order valence-corrected chi connectivity index (χ1v) is 10.3. The maximum atomic E-state index is 12.9. The maximum absolute atomic E-state index is 12.9. The molecule has 0 fully saturated rings. The molecular formula is C23H21N3O3S. The molecule has 0 radical (unpaired) electrons.